The molecule has 0 spiro atoms. The number of nitro benzene ring substituents is 1. The van der Waals surface area contributed by atoms with E-state index in [1.807, 2.05) is 36.7 Å². The highest BCUT2D eigenvalue weighted by atomic mass is 16.6. The average Bonchev–Trinajstić information content (AvgIpc) is 3.06. The number of aliphatic imine (C=N–C) groups is 1. The standard InChI is InChI=1S/C21H24N6O2/c1-15-12-16(2)26(25-15)20-7-5-4-6-18(20)14-24-21(22-3)23-13-17-8-10-19(11-9-17)27(28)29/h4-12H,13-14H2,1-3H3,(H2,22,23,24). The van der Waals surface area contributed by atoms with Gasteiger partial charge in [-0.25, -0.2) is 4.68 Å². The summed E-state index contributed by atoms with van der Waals surface area (Å²) >= 11 is 0. The second kappa shape index (κ2) is 9.01. The molecule has 0 saturated heterocycles. The van der Waals surface area contributed by atoms with Gasteiger partial charge in [0.15, 0.2) is 5.96 Å². The molecule has 8 nitrogen and oxygen atoms in total. The maximum Gasteiger partial charge on any atom is 0.269 e. The molecular formula is C21H24N6O2. The fourth-order valence-electron chi connectivity index (χ4n) is 3.06. The Bertz CT molecular complexity index is 1020. The van der Waals surface area contributed by atoms with E-state index in [9.17, 15) is 10.1 Å². The summed E-state index contributed by atoms with van der Waals surface area (Å²) in [6.45, 7) is 5.11. The molecule has 0 aliphatic rings. The number of nitrogens with zero attached hydrogens (tertiary/aromatic N) is 4. The van der Waals surface area contributed by atoms with Crippen LogP contribution in [-0.4, -0.2) is 27.7 Å². The van der Waals surface area contributed by atoms with Gasteiger partial charge in [-0.15, -0.1) is 0 Å². The van der Waals surface area contributed by atoms with Crippen molar-refractivity contribution in [2.75, 3.05) is 7.05 Å². The van der Waals surface area contributed by atoms with Gasteiger partial charge in [0.05, 0.1) is 16.3 Å². The lowest BCUT2D eigenvalue weighted by Gasteiger charge is -2.15. The van der Waals surface area contributed by atoms with Crippen molar-refractivity contribution >= 4 is 11.6 Å². The second-order valence-corrected chi connectivity index (χ2v) is 6.67. The van der Waals surface area contributed by atoms with Crippen LogP contribution in [0.2, 0.25) is 0 Å². The number of para-hydroxylation sites is 1. The minimum absolute atomic E-state index is 0.0806. The Hall–Kier alpha value is -3.68. The molecule has 0 aliphatic heterocycles. The Labute approximate surface area is 169 Å². The lowest BCUT2D eigenvalue weighted by atomic mass is 10.1. The van der Waals surface area contributed by atoms with E-state index in [-0.39, 0.29) is 5.69 Å². The number of aromatic nitrogens is 2. The molecule has 3 rings (SSSR count). The van der Waals surface area contributed by atoms with Crippen LogP contribution in [0.4, 0.5) is 5.69 Å². The Morgan fingerprint density at radius 3 is 2.41 bits per heavy atom. The van der Waals surface area contributed by atoms with Gasteiger partial charge in [-0.05, 0) is 37.1 Å². The Morgan fingerprint density at radius 2 is 1.79 bits per heavy atom. The van der Waals surface area contributed by atoms with Gasteiger partial charge in [0.1, 0.15) is 0 Å². The molecule has 0 atom stereocenters. The highest BCUT2D eigenvalue weighted by molar-refractivity contribution is 5.79. The maximum atomic E-state index is 10.8. The highest BCUT2D eigenvalue weighted by Crippen LogP contribution is 2.17. The lowest BCUT2D eigenvalue weighted by Crippen LogP contribution is -2.36. The number of nitrogens with one attached hydrogen (secondary N) is 2. The zero-order valence-electron chi connectivity index (χ0n) is 16.7. The van der Waals surface area contributed by atoms with Crippen LogP contribution < -0.4 is 10.6 Å². The Balaban J connectivity index is 1.64. The zero-order chi connectivity index (χ0) is 20.8. The minimum Gasteiger partial charge on any atom is -0.352 e. The van der Waals surface area contributed by atoms with Crippen LogP contribution in [0.1, 0.15) is 22.5 Å². The van der Waals surface area contributed by atoms with Gasteiger partial charge in [-0.3, -0.25) is 15.1 Å². The van der Waals surface area contributed by atoms with E-state index < -0.39 is 4.92 Å². The number of nitro groups is 1. The van der Waals surface area contributed by atoms with E-state index in [1.165, 1.54) is 12.1 Å². The van der Waals surface area contributed by atoms with Gasteiger partial charge in [-0.1, -0.05) is 30.3 Å². The molecule has 1 heterocycles. The van der Waals surface area contributed by atoms with Crippen molar-refractivity contribution < 1.29 is 4.92 Å². The second-order valence-electron chi connectivity index (χ2n) is 6.67. The smallest absolute Gasteiger partial charge is 0.269 e. The van der Waals surface area contributed by atoms with E-state index in [2.05, 4.69) is 32.9 Å². The summed E-state index contributed by atoms with van der Waals surface area (Å²) in [7, 11) is 1.71. The van der Waals surface area contributed by atoms with Crippen molar-refractivity contribution in [1.82, 2.24) is 20.4 Å². The molecule has 2 aromatic carbocycles. The third-order valence-corrected chi connectivity index (χ3v) is 4.51. The molecule has 0 aliphatic carbocycles. The Morgan fingerprint density at radius 1 is 1.10 bits per heavy atom. The Kier molecular flexibility index (Phi) is 6.23. The van der Waals surface area contributed by atoms with E-state index in [1.54, 1.807) is 19.2 Å². The van der Waals surface area contributed by atoms with E-state index in [0.29, 0.717) is 19.0 Å². The minimum atomic E-state index is -0.405. The first kappa shape index (κ1) is 20.1. The molecule has 2 N–H and O–H groups in total. The number of hydrogen-bond donors (Lipinski definition) is 2. The van der Waals surface area contributed by atoms with Gasteiger partial charge >= 0.3 is 0 Å². The highest BCUT2D eigenvalue weighted by Gasteiger charge is 2.09. The number of guanidine groups is 1. The molecule has 150 valence electrons. The topological polar surface area (TPSA) is 97.4 Å². The molecule has 0 saturated carbocycles. The summed E-state index contributed by atoms with van der Waals surface area (Å²) in [6, 6.07) is 16.6. The first-order chi connectivity index (χ1) is 14.0. The van der Waals surface area contributed by atoms with Crippen LogP contribution in [-0.2, 0) is 13.1 Å². The normalized spacial score (nSPS) is 11.3. The van der Waals surface area contributed by atoms with Crippen molar-refractivity contribution in [3.63, 3.8) is 0 Å². The van der Waals surface area contributed by atoms with Crippen LogP contribution in [0, 0.1) is 24.0 Å². The molecule has 29 heavy (non-hydrogen) atoms. The molecule has 1 aromatic heterocycles. The summed E-state index contributed by atoms with van der Waals surface area (Å²) in [6.07, 6.45) is 0. The first-order valence-electron chi connectivity index (χ1n) is 9.27. The predicted molar refractivity (Wildman–Crippen MR) is 113 cm³/mol. The van der Waals surface area contributed by atoms with Crippen LogP contribution in [0.15, 0.2) is 59.6 Å². The zero-order valence-corrected chi connectivity index (χ0v) is 16.7. The number of rotatable bonds is 6. The molecule has 3 aromatic rings. The molecule has 0 radical (unpaired) electrons. The molecule has 0 amide bonds. The number of non-ortho nitro benzene ring substituents is 1. The molecule has 0 fully saturated rings. The molecule has 0 bridgehead atoms. The summed E-state index contributed by atoms with van der Waals surface area (Å²) in [5, 5.41) is 21.9. The third kappa shape index (κ3) is 4.98. The van der Waals surface area contributed by atoms with Gasteiger partial charge in [0.25, 0.3) is 5.69 Å². The van der Waals surface area contributed by atoms with Crippen molar-refractivity contribution in [3.05, 3.63) is 87.2 Å². The van der Waals surface area contributed by atoms with Crippen LogP contribution >= 0.6 is 0 Å². The van der Waals surface area contributed by atoms with Gasteiger partial charge in [-0.2, -0.15) is 5.10 Å². The SMILES string of the molecule is CN=C(NCc1ccc([N+](=O)[O-])cc1)NCc1ccccc1-n1nc(C)cc1C. The van der Waals surface area contributed by atoms with Crippen LogP contribution in [0.5, 0.6) is 0 Å². The number of aryl methyl sites for hydroxylation is 2. The monoisotopic (exact) mass is 392 g/mol. The summed E-state index contributed by atoms with van der Waals surface area (Å²) in [4.78, 5) is 14.6. The third-order valence-electron chi connectivity index (χ3n) is 4.51. The van der Waals surface area contributed by atoms with E-state index in [4.69, 9.17) is 0 Å². The van der Waals surface area contributed by atoms with Crippen LogP contribution in [0.25, 0.3) is 5.69 Å². The average molecular weight is 392 g/mol. The fourth-order valence-corrected chi connectivity index (χ4v) is 3.06. The molecule has 8 heteroatoms. The summed E-state index contributed by atoms with van der Waals surface area (Å²) in [5.41, 5.74) is 5.19. The van der Waals surface area contributed by atoms with Gasteiger partial charge in [0.2, 0.25) is 0 Å². The first-order valence-corrected chi connectivity index (χ1v) is 9.27. The maximum absolute atomic E-state index is 10.8. The van der Waals surface area contributed by atoms with E-state index in [0.717, 1.165) is 28.2 Å². The number of benzene rings is 2. The van der Waals surface area contributed by atoms with Crippen molar-refractivity contribution in [2.24, 2.45) is 4.99 Å². The van der Waals surface area contributed by atoms with Gasteiger partial charge in [0, 0.05) is 38.0 Å². The lowest BCUT2D eigenvalue weighted by molar-refractivity contribution is -0.384. The van der Waals surface area contributed by atoms with E-state index >= 15 is 0 Å². The summed E-state index contributed by atoms with van der Waals surface area (Å²) < 4.78 is 1.94. The summed E-state index contributed by atoms with van der Waals surface area (Å²) in [5.74, 6) is 0.645. The molecular weight excluding hydrogens is 368 g/mol. The molecule has 0 unspecified atom stereocenters. The van der Waals surface area contributed by atoms with Crippen molar-refractivity contribution in [2.45, 2.75) is 26.9 Å². The van der Waals surface area contributed by atoms with Gasteiger partial charge < -0.3 is 10.6 Å². The van der Waals surface area contributed by atoms with Crippen molar-refractivity contribution in [1.29, 1.82) is 0 Å². The van der Waals surface area contributed by atoms with Crippen molar-refractivity contribution in [3.8, 4) is 5.69 Å². The quantitative estimate of drug-likeness (QED) is 0.290. The predicted octanol–water partition coefficient (Wildman–Crippen LogP) is 3.26. The van der Waals surface area contributed by atoms with Crippen LogP contribution in [0.3, 0.4) is 0 Å². The fraction of sp³-hybridized carbons (Fsp3) is 0.238. The largest absolute Gasteiger partial charge is 0.352 e. The number of hydrogen-bond acceptors (Lipinski definition) is 4.